The lowest BCUT2D eigenvalue weighted by Gasteiger charge is -2.13. The summed E-state index contributed by atoms with van der Waals surface area (Å²) < 4.78 is 1.71. The van der Waals surface area contributed by atoms with E-state index in [9.17, 15) is 4.79 Å². The molecule has 1 aliphatic heterocycles. The Morgan fingerprint density at radius 3 is 2.77 bits per heavy atom. The lowest BCUT2D eigenvalue weighted by Crippen LogP contribution is -2.31. The highest BCUT2D eigenvalue weighted by Crippen LogP contribution is 2.18. The van der Waals surface area contributed by atoms with E-state index in [-0.39, 0.29) is 5.91 Å². The van der Waals surface area contributed by atoms with E-state index in [0.29, 0.717) is 33.0 Å². The molecule has 4 rings (SSSR count). The van der Waals surface area contributed by atoms with Crippen molar-refractivity contribution in [3.05, 3.63) is 70.6 Å². The van der Waals surface area contributed by atoms with Crippen molar-refractivity contribution in [2.24, 2.45) is 10.2 Å². The molecule has 0 saturated carbocycles. The molecule has 8 heteroatoms. The first-order chi connectivity index (χ1) is 12.6. The molecule has 0 fully saturated rings. The molecule has 0 saturated heterocycles. The lowest BCUT2D eigenvalue weighted by molar-refractivity contribution is 0.0971. The number of nitrogens with zero attached hydrogens (tertiary/aromatic N) is 4. The van der Waals surface area contributed by atoms with Crippen LogP contribution in [0, 0.1) is 6.92 Å². The number of hydrogen-bond donors (Lipinski definition) is 1. The number of thioether (sulfide) groups is 1. The van der Waals surface area contributed by atoms with Gasteiger partial charge in [0.25, 0.3) is 5.91 Å². The normalized spacial score (nSPS) is 14.1. The molecule has 26 heavy (non-hydrogen) atoms. The van der Waals surface area contributed by atoms with Crippen LogP contribution in [0.4, 0.5) is 0 Å². The predicted octanol–water partition coefficient (Wildman–Crippen LogP) is 3.53. The van der Waals surface area contributed by atoms with E-state index in [4.69, 9.17) is 11.6 Å². The number of pyridine rings is 1. The Labute approximate surface area is 159 Å². The van der Waals surface area contributed by atoms with Crippen LogP contribution in [0.3, 0.4) is 0 Å². The van der Waals surface area contributed by atoms with Crippen LogP contribution >= 0.6 is 23.4 Å². The average molecular weight is 384 g/mol. The SMILES string of the molecule is Cc1nc2cc(Cl)ccn2c1C(=O)NC1=NN=C(c2ccccc2)CS1. The number of carbonyl (C=O) groups excluding carboxylic acids is 1. The summed E-state index contributed by atoms with van der Waals surface area (Å²) in [6.45, 7) is 1.79. The van der Waals surface area contributed by atoms with E-state index in [1.165, 1.54) is 11.8 Å². The van der Waals surface area contributed by atoms with Crippen molar-refractivity contribution in [2.75, 3.05) is 5.75 Å². The number of halogens is 1. The Morgan fingerprint density at radius 1 is 1.23 bits per heavy atom. The fourth-order valence-electron chi connectivity index (χ4n) is 2.70. The molecule has 1 amide bonds. The zero-order chi connectivity index (χ0) is 18.1. The number of carbonyl (C=O) groups is 1. The molecule has 0 unspecified atom stereocenters. The maximum atomic E-state index is 12.7. The van der Waals surface area contributed by atoms with Gasteiger partial charge in [-0.15, -0.1) is 5.10 Å². The summed E-state index contributed by atoms with van der Waals surface area (Å²) in [4.78, 5) is 17.1. The highest BCUT2D eigenvalue weighted by molar-refractivity contribution is 8.14. The first-order valence-corrected chi connectivity index (χ1v) is 9.26. The number of nitrogens with one attached hydrogen (secondary N) is 1. The monoisotopic (exact) mass is 383 g/mol. The molecule has 6 nitrogen and oxygen atoms in total. The molecule has 1 N–H and O–H groups in total. The van der Waals surface area contributed by atoms with E-state index in [2.05, 4.69) is 20.5 Å². The fourth-order valence-corrected chi connectivity index (χ4v) is 3.62. The van der Waals surface area contributed by atoms with Gasteiger partial charge in [0.05, 0.1) is 11.4 Å². The number of hydrogen-bond acceptors (Lipinski definition) is 5. The maximum Gasteiger partial charge on any atom is 0.276 e. The second-order valence-corrected chi connectivity index (χ2v) is 7.08. The Kier molecular flexibility index (Phi) is 4.48. The minimum Gasteiger partial charge on any atom is -0.298 e. The van der Waals surface area contributed by atoms with Gasteiger partial charge < -0.3 is 0 Å². The first kappa shape index (κ1) is 16.8. The zero-order valence-electron chi connectivity index (χ0n) is 13.8. The molecule has 0 spiro atoms. The van der Waals surface area contributed by atoms with E-state index in [1.54, 1.807) is 29.7 Å². The lowest BCUT2D eigenvalue weighted by atomic mass is 10.1. The van der Waals surface area contributed by atoms with Crippen molar-refractivity contribution in [1.82, 2.24) is 14.7 Å². The molecular weight excluding hydrogens is 370 g/mol. The summed E-state index contributed by atoms with van der Waals surface area (Å²) in [7, 11) is 0. The Morgan fingerprint density at radius 2 is 2.04 bits per heavy atom. The second-order valence-electron chi connectivity index (χ2n) is 5.68. The minimum absolute atomic E-state index is 0.276. The molecule has 0 atom stereocenters. The summed E-state index contributed by atoms with van der Waals surface area (Å²) >= 11 is 7.43. The van der Waals surface area contributed by atoms with Crippen molar-refractivity contribution >= 4 is 45.8 Å². The third kappa shape index (κ3) is 3.23. The quantitative estimate of drug-likeness (QED) is 0.735. The van der Waals surface area contributed by atoms with Crippen molar-refractivity contribution in [1.29, 1.82) is 0 Å². The van der Waals surface area contributed by atoms with Gasteiger partial charge in [-0.2, -0.15) is 5.10 Å². The number of imidazole rings is 1. The second kappa shape index (κ2) is 6.93. The van der Waals surface area contributed by atoms with E-state index in [1.807, 2.05) is 30.3 Å². The summed E-state index contributed by atoms with van der Waals surface area (Å²) in [5.41, 5.74) is 3.62. The van der Waals surface area contributed by atoms with Crippen molar-refractivity contribution < 1.29 is 4.79 Å². The summed E-state index contributed by atoms with van der Waals surface area (Å²) in [6.07, 6.45) is 1.73. The van der Waals surface area contributed by atoms with Gasteiger partial charge in [-0.1, -0.05) is 53.7 Å². The first-order valence-electron chi connectivity index (χ1n) is 7.90. The van der Waals surface area contributed by atoms with Crippen molar-refractivity contribution in [2.45, 2.75) is 6.92 Å². The van der Waals surface area contributed by atoms with Gasteiger partial charge in [-0.05, 0) is 18.6 Å². The fraction of sp³-hybridized carbons (Fsp3) is 0.111. The molecule has 2 aromatic heterocycles. The predicted molar refractivity (Wildman–Crippen MR) is 105 cm³/mol. The molecule has 3 heterocycles. The standard InChI is InChI=1S/C18H14ClN5OS/c1-11-16(24-8-7-13(19)9-15(24)20-11)17(25)21-18-23-22-14(10-26-18)12-5-3-2-4-6-12/h2-9H,10H2,1H3,(H,21,23,25). The number of aryl methyl sites for hydroxylation is 1. The Balaban J connectivity index is 1.57. The third-order valence-electron chi connectivity index (χ3n) is 3.91. The number of benzene rings is 1. The van der Waals surface area contributed by atoms with Crippen LogP contribution in [0.1, 0.15) is 21.7 Å². The van der Waals surface area contributed by atoms with Gasteiger partial charge in [0.1, 0.15) is 11.3 Å². The number of rotatable bonds is 2. The average Bonchev–Trinajstić information content (AvgIpc) is 2.98. The molecule has 130 valence electrons. The number of aromatic nitrogens is 2. The topological polar surface area (TPSA) is 71.1 Å². The third-order valence-corrected chi connectivity index (χ3v) is 5.02. The van der Waals surface area contributed by atoms with Crippen LogP contribution in [0.15, 0.2) is 58.9 Å². The molecule has 1 aliphatic rings. The van der Waals surface area contributed by atoms with Crippen LogP contribution in [-0.4, -0.2) is 31.9 Å². The van der Waals surface area contributed by atoms with Crippen LogP contribution < -0.4 is 5.32 Å². The van der Waals surface area contributed by atoms with E-state index < -0.39 is 0 Å². The van der Waals surface area contributed by atoms with Gasteiger partial charge in [-0.3, -0.25) is 14.5 Å². The van der Waals surface area contributed by atoms with Crippen LogP contribution in [-0.2, 0) is 0 Å². The minimum atomic E-state index is -0.276. The number of amides is 1. The summed E-state index contributed by atoms with van der Waals surface area (Å²) in [6, 6.07) is 13.3. The number of amidine groups is 1. The van der Waals surface area contributed by atoms with Gasteiger partial charge in [0, 0.05) is 23.0 Å². The van der Waals surface area contributed by atoms with Gasteiger partial charge >= 0.3 is 0 Å². The maximum absolute atomic E-state index is 12.7. The smallest absolute Gasteiger partial charge is 0.276 e. The highest BCUT2D eigenvalue weighted by atomic mass is 35.5. The summed E-state index contributed by atoms with van der Waals surface area (Å²) in [5, 5.41) is 12.2. The molecule has 0 radical (unpaired) electrons. The van der Waals surface area contributed by atoms with Crippen molar-refractivity contribution in [3.8, 4) is 0 Å². The van der Waals surface area contributed by atoms with Gasteiger partial charge in [0.2, 0.25) is 0 Å². The molecule has 0 bridgehead atoms. The van der Waals surface area contributed by atoms with E-state index >= 15 is 0 Å². The Hall–Kier alpha value is -2.64. The van der Waals surface area contributed by atoms with Crippen LogP contribution in [0.25, 0.3) is 5.65 Å². The highest BCUT2D eigenvalue weighted by Gasteiger charge is 2.20. The van der Waals surface area contributed by atoms with Crippen molar-refractivity contribution in [3.63, 3.8) is 0 Å². The van der Waals surface area contributed by atoms with E-state index in [0.717, 1.165) is 11.3 Å². The molecule has 1 aromatic carbocycles. The van der Waals surface area contributed by atoms with Gasteiger partial charge in [-0.25, -0.2) is 4.98 Å². The largest absolute Gasteiger partial charge is 0.298 e. The molecule has 3 aromatic rings. The van der Waals surface area contributed by atoms with Crippen LogP contribution in [0.5, 0.6) is 0 Å². The zero-order valence-corrected chi connectivity index (χ0v) is 15.4. The summed E-state index contributed by atoms with van der Waals surface area (Å²) in [5.74, 6) is 0.368. The number of fused-ring (bicyclic) bond motifs is 1. The molecular formula is C18H14ClN5OS. The Bertz CT molecular complexity index is 1060. The van der Waals surface area contributed by atoms with Gasteiger partial charge in [0.15, 0.2) is 5.17 Å². The molecule has 0 aliphatic carbocycles. The van der Waals surface area contributed by atoms with Crippen LogP contribution in [0.2, 0.25) is 5.02 Å².